The van der Waals surface area contributed by atoms with Gasteiger partial charge in [-0.1, -0.05) is 0 Å². The van der Waals surface area contributed by atoms with Crippen LogP contribution in [0.4, 0.5) is 23.8 Å². The Hall–Kier alpha value is -3.11. The van der Waals surface area contributed by atoms with Crippen LogP contribution < -0.4 is 5.32 Å². The zero-order valence-electron chi connectivity index (χ0n) is 15.1. The average molecular weight is 397 g/mol. The van der Waals surface area contributed by atoms with Crippen molar-refractivity contribution in [2.24, 2.45) is 18.9 Å². The molecule has 2 N–H and O–H groups in total. The molecule has 0 spiro atoms. The lowest BCUT2D eigenvalue weighted by Crippen LogP contribution is -2.35. The highest BCUT2D eigenvalue weighted by atomic mass is 19.4. The summed E-state index contributed by atoms with van der Waals surface area (Å²) < 4.78 is 40.8. The molecular formula is C17H18F3N5O3. The third-order valence-electron chi connectivity index (χ3n) is 4.68. The SMILES string of the molecule is Cc1nc(NC(=O)N2C[C@@H](C(F)(F)F)[C@H](C(=O)O)C2)ccc1-c1cnn(C)c1. The predicted molar refractivity (Wildman–Crippen MR) is 92.4 cm³/mol. The average Bonchev–Trinajstić information content (AvgIpc) is 3.21. The Labute approximate surface area is 158 Å². The van der Waals surface area contributed by atoms with E-state index < -0.39 is 43.1 Å². The summed E-state index contributed by atoms with van der Waals surface area (Å²) in [7, 11) is 1.77. The lowest BCUT2D eigenvalue weighted by Gasteiger charge is -2.18. The number of urea groups is 1. The molecule has 28 heavy (non-hydrogen) atoms. The molecule has 1 saturated heterocycles. The number of pyridine rings is 1. The number of nitrogens with zero attached hydrogens (tertiary/aromatic N) is 4. The predicted octanol–water partition coefficient (Wildman–Crippen LogP) is 2.52. The smallest absolute Gasteiger partial charge is 0.394 e. The van der Waals surface area contributed by atoms with Gasteiger partial charge in [0.1, 0.15) is 5.82 Å². The fourth-order valence-electron chi connectivity index (χ4n) is 3.24. The molecule has 1 aliphatic heterocycles. The van der Waals surface area contributed by atoms with Crippen molar-refractivity contribution in [2.75, 3.05) is 18.4 Å². The number of carboxylic acids is 1. The number of likely N-dealkylation sites (tertiary alicyclic amines) is 1. The third-order valence-corrected chi connectivity index (χ3v) is 4.68. The molecule has 3 heterocycles. The molecule has 0 unspecified atom stereocenters. The molecule has 2 aromatic rings. The Morgan fingerprint density at radius 1 is 1.29 bits per heavy atom. The molecule has 2 atom stereocenters. The minimum atomic E-state index is -4.70. The van der Waals surface area contributed by atoms with Crippen LogP contribution in [0.15, 0.2) is 24.5 Å². The number of carbonyl (C=O) groups excluding carboxylic acids is 1. The van der Waals surface area contributed by atoms with E-state index in [1.807, 2.05) is 0 Å². The van der Waals surface area contributed by atoms with Crippen molar-refractivity contribution >= 4 is 17.8 Å². The molecule has 150 valence electrons. The zero-order chi connectivity index (χ0) is 20.6. The van der Waals surface area contributed by atoms with Gasteiger partial charge in [-0.2, -0.15) is 18.3 Å². The van der Waals surface area contributed by atoms with Crippen LogP contribution in [0.2, 0.25) is 0 Å². The third kappa shape index (κ3) is 3.92. The van der Waals surface area contributed by atoms with E-state index in [2.05, 4.69) is 15.4 Å². The maximum Gasteiger partial charge on any atom is 0.394 e. The monoisotopic (exact) mass is 397 g/mol. The van der Waals surface area contributed by atoms with Gasteiger partial charge in [-0.05, 0) is 19.1 Å². The second-order valence-electron chi connectivity index (χ2n) is 6.66. The number of carbonyl (C=O) groups is 2. The Kier molecular flexibility index (Phi) is 5.01. The van der Waals surface area contributed by atoms with Crippen molar-refractivity contribution in [1.29, 1.82) is 0 Å². The van der Waals surface area contributed by atoms with Crippen LogP contribution in [0.3, 0.4) is 0 Å². The van der Waals surface area contributed by atoms with Crippen LogP contribution in [0, 0.1) is 18.8 Å². The summed E-state index contributed by atoms with van der Waals surface area (Å²) in [5.74, 6) is -5.20. The van der Waals surface area contributed by atoms with Gasteiger partial charge in [-0.25, -0.2) is 9.78 Å². The van der Waals surface area contributed by atoms with Gasteiger partial charge in [0, 0.05) is 43.2 Å². The number of aromatic nitrogens is 3. The molecule has 2 aromatic heterocycles. The number of anilines is 1. The van der Waals surface area contributed by atoms with Crippen molar-refractivity contribution in [3.05, 3.63) is 30.2 Å². The number of aliphatic carboxylic acids is 1. The van der Waals surface area contributed by atoms with Gasteiger partial charge >= 0.3 is 18.2 Å². The molecule has 0 radical (unpaired) electrons. The Morgan fingerprint density at radius 3 is 2.50 bits per heavy atom. The first-order valence-corrected chi connectivity index (χ1v) is 8.38. The molecule has 0 aromatic carbocycles. The number of amides is 2. The van der Waals surface area contributed by atoms with Crippen LogP contribution in [0.1, 0.15) is 5.69 Å². The van der Waals surface area contributed by atoms with Crippen molar-refractivity contribution in [2.45, 2.75) is 13.1 Å². The first-order chi connectivity index (χ1) is 13.1. The van der Waals surface area contributed by atoms with E-state index in [1.165, 1.54) is 6.07 Å². The van der Waals surface area contributed by atoms with Gasteiger partial charge in [-0.3, -0.25) is 14.8 Å². The first kappa shape index (κ1) is 19.6. The fraction of sp³-hybridized carbons (Fsp3) is 0.412. The van der Waals surface area contributed by atoms with E-state index in [9.17, 15) is 22.8 Å². The standard InChI is InChI=1S/C17H18F3N5O3/c1-9-11(10-5-21-24(2)6-10)3-4-14(22-9)23-16(28)25-7-12(15(26)27)13(8-25)17(18,19)20/h3-6,12-13H,7-8H2,1-2H3,(H,26,27)(H,22,23,28)/t12-,13-/m1/s1. The fourth-order valence-corrected chi connectivity index (χ4v) is 3.24. The van der Waals surface area contributed by atoms with Gasteiger partial charge in [0.2, 0.25) is 0 Å². The van der Waals surface area contributed by atoms with E-state index >= 15 is 0 Å². The topological polar surface area (TPSA) is 100 Å². The second-order valence-corrected chi connectivity index (χ2v) is 6.66. The maximum absolute atomic E-state index is 13.1. The molecule has 11 heteroatoms. The lowest BCUT2D eigenvalue weighted by molar-refractivity contribution is -0.187. The molecule has 3 rings (SSSR count). The van der Waals surface area contributed by atoms with Gasteiger partial charge in [0.25, 0.3) is 0 Å². The summed E-state index contributed by atoms with van der Waals surface area (Å²) in [6, 6.07) is 2.43. The van der Waals surface area contributed by atoms with Gasteiger partial charge < -0.3 is 10.0 Å². The summed E-state index contributed by atoms with van der Waals surface area (Å²) in [5.41, 5.74) is 2.24. The second kappa shape index (κ2) is 7.13. The van der Waals surface area contributed by atoms with E-state index in [0.717, 1.165) is 16.0 Å². The van der Waals surface area contributed by atoms with Crippen LogP contribution in [0.25, 0.3) is 11.1 Å². The van der Waals surface area contributed by atoms with Gasteiger partial charge in [-0.15, -0.1) is 0 Å². The summed E-state index contributed by atoms with van der Waals surface area (Å²) >= 11 is 0. The Morgan fingerprint density at radius 2 is 2.00 bits per heavy atom. The van der Waals surface area contributed by atoms with Crippen molar-refractivity contribution < 1.29 is 27.9 Å². The molecule has 0 bridgehead atoms. The number of aryl methyl sites for hydroxylation is 2. The highest BCUT2D eigenvalue weighted by molar-refractivity contribution is 5.89. The van der Waals surface area contributed by atoms with Crippen LogP contribution in [0.5, 0.6) is 0 Å². The lowest BCUT2D eigenvalue weighted by atomic mass is 9.96. The summed E-state index contributed by atoms with van der Waals surface area (Å²) in [6.07, 6.45) is -1.23. The van der Waals surface area contributed by atoms with Crippen LogP contribution in [-0.2, 0) is 11.8 Å². The zero-order valence-corrected chi connectivity index (χ0v) is 15.1. The highest BCUT2D eigenvalue weighted by Gasteiger charge is 2.53. The van der Waals surface area contributed by atoms with E-state index in [-0.39, 0.29) is 5.82 Å². The molecule has 1 fully saturated rings. The van der Waals surface area contributed by atoms with E-state index in [4.69, 9.17) is 5.11 Å². The van der Waals surface area contributed by atoms with E-state index in [1.54, 1.807) is 37.1 Å². The number of alkyl halides is 3. The summed E-state index contributed by atoms with van der Waals surface area (Å²) in [6.45, 7) is 0.505. The summed E-state index contributed by atoms with van der Waals surface area (Å²) in [5, 5.41) is 15.5. The minimum absolute atomic E-state index is 0.164. The Bertz CT molecular complexity index is 912. The molecule has 0 saturated carbocycles. The highest BCUT2D eigenvalue weighted by Crippen LogP contribution is 2.38. The molecule has 8 nitrogen and oxygen atoms in total. The number of carboxylic acid groups (broad SMARTS) is 1. The number of halogens is 3. The van der Waals surface area contributed by atoms with Crippen molar-refractivity contribution in [3.63, 3.8) is 0 Å². The van der Waals surface area contributed by atoms with Crippen molar-refractivity contribution in [3.8, 4) is 11.1 Å². The Balaban J connectivity index is 1.73. The van der Waals surface area contributed by atoms with Gasteiger partial charge in [0.05, 0.1) is 18.0 Å². The largest absolute Gasteiger partial charge is 0.481 e. The number of hydrogen-bond donors (Lipinski definition) is 2. The summed E-state index contributed by atoms with van der Waals surface area (Å²) in [4.78, 5) is 28.6. The molecular weight excluding hydrogens is 379 g/mol. The maximum atomic E-state index is 13.1. The molecule has 2 amide bonds. The number of rotatable bonds is 3. The number of nitrogens with one attached hydrogen (secondary N) is 1. The van der Waals surface area contributed by atoms with Crippen LogP contribution in [-0.4, -0.2) is 56.0 Å². The van der Waals surface area contributed by atoms with E-state index in [0.29, 0.717) is 5.69 Å². The minimum Gasteiger partial charge on any atom is -0.481 e. The first-order valence-electron chi connectivity index (χ1n) is 8.38. The molecule has 0 aliphatic carbocycles. The van der Waals surface area contributed by atoms with Crippen LogP contribution >= 0.6 is 0 Å². The normalized spacial score (nSPS) is 19.7. The quantitative estimate of drug-likeness (QED) is 0.829. The van der Waals surface area contributed by atoms with Gasteiger partial charge in [0.15, 0.2) is 0 Å². The number of hydrogen-bond acceptors (Lipinski definition) is 4. The van der Waals surface area contributed by atoms with Crippen molar-refractivity contribution in [1.82, 2.24) is 19.7 Å². The molecule has 1 aliphatic rings.